The molecule has 1 saturated heterocycles. The van der Waals surface area contributed by atoms with Crippen LogP contribution >= 0.6 is 0 Å². The molecule has 1 unspecified atom stereocenters. The van der Waals surface area contributed by atoms with Crippen molar-refractivity contribution in [3.63, 3.8) is 0 Å². The maximum atomic E-state index is 11.5. The second-order valence-corrected chi connectivity index (χ2v) is 4.79. The Morgan fingerprint density at radius 1 is 1.53 bits per heavy atom. The summed E-state index contributed by atoms with van der Waals surface area (Å²) in [6, 6.07) is 0. The molecule has 1 aliphatic rings. The summed E-state index contributed by atoms with van der Waals surface area (Å²) in [5, 5.41) is 0. The standard InChI is InChI=1S/C13H23NO3/c1-5-17-12(15)11(2)9-14-8-6-7-13(3,10-14)16-4/h2,5-10H2,1,3-4H3. The Labute approximate surface area is 104 Å². The first-order valence-electron chi connectivity index (χ1n) is 6.13. The highest BCUT2D eigenvalue weighted by Crippen LogP contribution is 2.24. The van der Waals surface area contributed by atoms with Crippen molar-refractivity contribution in [3.8, 4) is 0 Å². The van der Waals surface area contributed by atoms with Crippen LogP contribution in [-0.4, -0.2) is 49.8 Å². The van der Waals surface area contributed by atoms with Gasteiger partial charge in [-0.25, -0.2) is 4.79 Å². The maximum Gasteiger partial charge on any atom is 0.334 e. The van der Waals surface area contributed by atoms with E-state index in [4.69, 9.17) is 9.47 Å². The molecule has 17 heavy (non-hydrogen) atoms. The number of carbonyl (C=O) groups is 1. The van der Waals surface area contributed by atoms with Crippen LogP contribution in [0.5, 0.6) is 0 Å². The largest absolute Gasteiger partial charge is 0.463 e. The van der Waals surface area contributed by atoms with E-state index in [1.807, 2.05) is 0 Å². The Hall–Kier alpha value is -0.870. The van der Waals surface area contributed by atoms with E-state index in [0.717, 1.165) is 25.9 Å². The van der Waals surface area contributed by atoms with Crippen molar-refractivity contribution in [2.75, 3.05) is 33.4 Å². The lowest BCUT2D eigenvalue weighted by Gasteiger charge is -2.39. The van der Waals surface area contributed by atoms with Gasteiger partial charge >= 0.3 is 5.97 Å². The second-order valence-electron chi connectivity index (χ2n) is 4.79. The third kappa shape index (κ3) is 4.13. The fourth-order valence-electron chi connectivity index (χ4n) is 2.18. The Bertz CT molecular complexity index is 290. The number of ether oxygens (including phenoxy) is 2. The molecule has 0 aromatic carbocycles. The summed E-state index contributed by atoms with van der Waals surface area (Å²) in [5.74, 6) is -0.294. The molecule has 4 nitrogen and oxygen atoms in total. The van der Waals surface area contributed by atoms with Crippen LogP contribution in [0.1, 0.15) is 26.7 Å². The van der Waals surface area contributed by atoms with Crippen molar-refractivity contribution in [2.24, 2.45) is 0 Å². The summed E-state index contributed by atoms with van der Waals surface area (Å²) in [6.07, 6.45) is 2.15. The highest BCUT2D eigenvalue weighted by atomic mass is 16.5. The molecule has 0 bridgehead atoms. The van der Waals surface area contributed by atoms with E-state index in [0.29, 0.717) is 18.7 Å². The minimum Gasteiger partial charge on any atom is -0.463 e. The van der Waals surface area contributed by atoms with Crippen LogP contribution in [0.25, 0.3) is 0 Å². The predicted octanol–water partition coefficient (Wildman–Crippen LogP) is 1.61. The number of esters is 1. The lowest BCUT2D eigenvalue weighted by atomic mass is 9.94. The van der Waals surface area contributed by atoms with E-state index in [1.165, 1.54) is 0 Å². The summed E-state index contributed by atoms with van der Waals surface area (Å²) in [5.41, 5.74) is 0.417. The number of carbonyl (C=O) groups excluding carboxylic acids is 1. The van der Waals surface area contributed by atoms with Gasteiger partial charge in [0, 0.05) is 25.8 Å². The van der Waals surface area contributed by atoms with Crippen LogP contribution < -0.4 is 0 Å². The van der Waals surface area contributed by atoms with Gasteiger partial charge in [0.1, 0.15) is 0 Å². The zero-order valence-electron chi connectivity index (χ0n) is 11.1. The molecular weight excluding hydrogens is 218 g/mol. The van der Waals surface area contributed by atoms with Gasteiger partial charge in [-0.2, -0.15) is 0 Å². The first-order chi connectivity index (χ1) is 8.00. The first-order valence-corrected chi connectivity index (χ1v) is 6.13. The van der Waals surface area contributed by atoms with Gasteiger partial charge in [-0.15, -0.1) is 0 Å². The second kappa shape index (κ2) is 6.17. The van der Waals surface area contributed by atoms with E-state index < -0.39 is 0 Å². The minimum absolute atomic E-state index is 0.104. The number of nitrogens with zero attached hydrogens (tertiary/aromatic N) is 1. The maximum absolute atomic E-state index is 11.5. The summed E-state index contributed by atoms with van der Waals surface area (Å²) in [7, 11) is 1.74. The van der Waals surface area contributed by atoms with Gasteiger partial charge in [0.25, 0.3) is 0 Å². The molecule has 1 aliphatic heterocycles. The van der Waals surface area contributed by atoms with Gasteiger partial charge < -0.3 is 9.47 Å². The molecule has 1 heterocycles. The molecule has 0 spiro atoms. The van der Waals surface area contributed by atoms with Crippen molar-refractivity contribution in [1.29, 1.82) is 0 Å². The van der Waals surface area contributed by atoms with Crippen LogP contribution in [0, 0.1) is 0 Å². The van der Waals surface area contributed by atoms with Gasteiger partial charge in [0.2, 0.25) is 0 Å². The zero-order valence-corrected chi connectivity index (χ0v) is 11.1. The van der Waals surface area contributed by atoms with Crippen molar-refractivity contribution >= 4 is 5.97 Å². The molecule has 0 amide bonds. The van der Waals surface area contributed by atoms with E-state index in [2.05, 4.69) is 18.4 Å². The third-order valence-electron chi connectivity index (χ3n) is 3.21. The number of hydrogen-bond acceptors (Lipinski definition) is 4. The lowest BCUT2D eigenvalue weighted by molar-refractivity contribution is -0.139. The predicted molar refractivity (Wildman–Crippen MR) is 66.9 cm³/mol. The average molecular weight is 241 g/mol. The van der Waals surface area contributed by atoms with E-state index in [1.54, 1.807) is 14.0 Å². The van der Waals surface area contributed by atoms with Crippen molar-refractivity contribution in [2.45, 2.75) is 32.3 Å². The SMILES string of the molecule is C=C(CN1CCCC(C)(OC)C1)C(=O)OCC. The molecule has 1 rings (SSSR count). The van der Waals surface area contributed by atoms with E-state index in [9.17, 15) is 4.79 Å². The van der Waals surface area contributed by atoms with E-state index in [-0.39, 0.29) is 11.6 Å². The Kier molecular flexibility index (Phi) is 5.15. The van der Waals surface area contributed by atoms with Crippen LogP contribution in [0.3, 0.4) is 0 Å². The minimum atomic E-state index is -0.294. The lowest BCUT2D eigenvalue weighted by Crippen LogP contribution is -2.48. The summed E-state index contributed by atoms with van der Waals surface area (Å²) >= 11 is 0. The molecule has 0 N–H and O–H groups in total. The van der Waals surface area contributed by atoms with Crippen molar-refractivity contribution < 1.29 is 14.3 Å². The van der Waals surface area contributed by atoms with Gasteiger partial charge in [0.15, 0.2) is 0 Å². The fourth-order valence-corrected chi connectivity index (χ4v) is 2.18. The highest BCUT2D eigenvalue weighted by molar-refractivity contribution is 5.88. The number of methoxy groups -OCH3 is 1. The molecule has 98 valence electrons. The quantitative estimate of drug-likeness (QED) is 0.541. The number of piperidine rings is 1. The monoisotopic (exact) mass is 241 g/mol. The number of hydrogen-bond donors (Lipinski definition) is 0. The Balaban J connectivity index is 2.46. The van der Waals surface area contributed by atoms with Crippen molar-refractivity contribution in [1.82, 2.24) is 4.90 Å². The molecule has 0 aromatic heterocycles. The normalized spacial score (nSPS) is 25.6. The van der Waals surface area contributed by atoms with Gasteiger partial charge in [0.05, 0.1) is 12.2 Å². The molecular formula is C13H23NO3. The molecule has 0 radical (unpaired) electrons. The number of likely N-dealkylation sites (tertiary alicyclic amines) is 1. The van der Waals surface area contributed by atoms with Crippen LogP contribution in [0.15, 0.2) is 12.2 Å². The third-order valence-corrected chi connectivity index (χ3v) is 3.21. The fraction of sp³-hybridized carbons (Fsp3) is 0.769. The summed E-state index contributed by atoms with van der Waals surface area (Å²) in [6.45, 7) is 10.5. The Morgan fingerprint density at radius 2 is 2.24 bits per heavy atom. The van der Waals surface area contributed by atoms with Crippen LogP contribution in [-0.2, 0) is 14.3 Å². The molecule has 1 fully saturated rings. The highest BCUT2D eigenvalue weighted by Gasteiger charge is 2.31. The molecule has 0 aliphatic carbocycles. The molecule has 0 saturated carbocycles. The first kappa shape index (κ1) is 14.2. The zero-order chi connectivity index (χ0) is 12.9. The Morgan fingerprint density at radius 3 is 2.82 bits per heavy atom. The molecule has 0 aromatic rings. The number of rotatable bonds is 5. The van der Waals surface area contributed by atoms with Crippen LogP contribution in [0.4, 0.5) is 0 Å². The van der Waals surface area contributed by atoms with Gasteiger partial charge in [-0.3, -0.25) is 4.90 Å². The van der Waals surface area contributed by atoms with Crippen molar-refractivity contribution in [3.05, 3.63) is 12.2 Å². The topological polar surface area (TPSA) is 38.8 Å². The smallest absolute Gasteiger partial charge is 0.334 e. The molecule has 1 atom stereocenters. The van der Waals surface area contributed by atoms with Gasteiger partial charge in [-0.1, -0.05) is 6.58 Å². The van der Waals surface area contributed by atoms with Crippen LogP contribution in [0.2, 0.25) is 0 Å². The van der Waals surface area contributed by atoms with E-state index >= 15 is 0 Å². The summed E-state index contributed by atoms with van der Waals surface area (Å²) in [4.78, 5) is 13.7. The molecule has 4 heteroatoms. The van der Waals surface area contributed by atoms with Gasteiger partial charge in [-0.05, 0) is 33.2 Å². The summed E-state index contributed by atoms with van der Waals surface area (Å²) < 4.78 is 10.4. The average Bonchev–Trinajstić information content (AvgIpc) is 2.29.